The molecule has 58 heavy (non-hydrogen) atoms. The molecule has 4 saturated heterocycles. The minimum absolute atomic E-state index is 0.0394. The molecule has 11 nitrogen and oxygen atoms in total. The van der Waals surface area contributed by atoms with Gasteiger partial charge in [0.25, 0.3) is 0 Å². The fraction of sp³-hybridized carbons (Fsp3) is 0.872. The van der Waals surface area contributed by atoms with Crippen molar-refractivity contribution < 1.29 is 48.6 Å². The van der Waals surface area contributed by atoms with Crippen LogP contribution in [0.3, 0.4) is 0 Å². The zero-order valence-corrected chi connectivity index (χ0v) is 37.2. The van der Waals surface area contributed by atoms with Crippen LogP contribution in [0.15, 0.2) is 12.2 Å². The first-order valence-electron chi connectivity index (χ1n) is 22.8. The highest BCUT2D eigenvalue weighted by atomic mass is 16.8. The van der Waals surface area contributed by atoms with Gasteiger partial charge in [0.2, 0.25) is 0 Å². The van der Waals surface area contributed by atoms with Crippen LogP contribution < -0.4 is 5.32 Å². The summed E-state index contributed by atoms with van der Waals surface area (Å²) >= 11 is 0. The number of aliphatic hydroxyl groups is 2. The highest BCUT2D eigenvalue weighted by Gasteiger charge is 2.63. The van der Waals surface area contributed by atoms with E-state index in [4.69, 9.17) is 30.1 Å². The first-order valence-corrected chi connectivity index (χ1v) is 22.8. The molecule has 11 heteroatoms. The number of unbranched alkanes of at least 4 members (excludes halogenated alkanes) is 1. The summed E-state index contributed by atoms with van der Waals surface area (Å²) in [7, 11) is 0. The number of Topliss-reactive ketones (excluding diaryl/α,β-unsaturated/α-hetero) is 1. The van der Waals surface area contributed by atoms with Crippen LogP contribution in [0.1, 0.15) is 146 Å². The Balaban J connectivity index is 1.37. The minimum Gasteiger partial charge on any atom is -0.481 e. The second-order valence-corrected chi connectivity index (χ2v) is 19.2. The minimum atomic E-state index is -1.16. The van der Waals surface area contributed by atoms with Gasteiger partial charge in [0.15, 0.2) is 11.6 Å². The van der Waals surface area contributed by atoms with Gasteiger partial charge in [-0.05, 0) is 103 Å². The van der Waals surface area contributed by atoms with E-state index in [1.165, 1.54) is 0 Å². The van der Waals surface area contributed by atoms with Crippen LogP contribution in [0.5, 0.6) is 0 Å². The van der Waals surface area contributed by atoms with Gasteiger partial charge >= 0.3 is 5.97 Å². The summed E-state index contributed by atoms with van der Waals surface area (Å²) in [5.41, 5.74) is -1.53. The Bertz CT molecular complexity index is 1480. The molecule has 0 aromatic rings. The predicted molar refractivity (Wildman–Crippen MR) is 222 cm³/mol. The van der Waals surface area contributed by atoms with Crippen molar-refractivity contribution in [3.63, 3.8) is 0 Å². The zero-order valence-electron chi connectivity index (χ0n) is 37.2. The van der Waals surface area contributed by atoms with Gasteiger partial charge in [-0.1, -0.05) is 61.5 Å². The third-order valence-electron chi connectivity index (χ3n) is 15.3. The number of ketones is 1. The first kappa shape index (κ1) is 47.2. The van der Waals surface area contributed by atoms with Crippen molar-refractivity contribution in [2.75, 3.05) is 6.54 Å². The maximum absolute atomic E-state index is 14.6. The van der Waals surface area contributed by atoms with Crippen LogP contribution in [-0.2, 0) is 33.3 Å². The topological polar surface area (TPSA) is 153 Å². The molecule has 4 N–H and O–H groups in total. The lowest BCUT2D eigenvalue weighted by molar-refractivity contribution is -0.398. The fourth-order valence-electron chi connectivity index (χ4n) is 11.2. The quantitative estimate of drug-likeness (QED) is 0.0711. The van der Waals surface area contributed by atoms with Crippen molar-refractivity contribution in [2.24, 2.45) is 41.4 Å². The van der Waals surface area contributed by atoms with E-state index in [-0.39, 0.29) is 53.8 Å². The van der Waals surface area contributed by atoms with E-state index in [1.807, 2.05) is 40.7 Å². The Hall–Kier alpha value is -1.88. The average Bonchev–Trinajstić information content (AvgIpc) is 3.53. The van der Waals surface area contributed by atoms with Gasteiger partial charge in [-0.15, -0.1) is 12.3 Å². The monoisotopic (exact) mass is 816 g/mol. The lowest BCUT2D eigenvalue weighted by Crippen LogP contribution is -2.65. The molecule has 18 atom stereocenters. The Kier molecular flexibility index (Phi) is 15.5. The van der Waals surface area contributed by atoms with Crippen LogP contribution in [0.2, 0.25) is 0 Å². The Labute approximate surface area is 349 Å². The van der Waals surface area contributed by atoms with Crippen LogP contribution >= 0.6 is 0 Å². The van der Waals surface area contributed by atoms with Gasteiger partial charge in [-0.3, -0.25) is 9.59 Å². The summed E-state index contributed by atoms with van der Waals surface area (Å²) in [6.07, 6.45) is 14.8. The molecule has 0 aliphatic carbocycles. The first-order chi connectivity index (χ1) is 27.3. The van der Waals surface area contributed by atoms with Gasteiger partial charge in [-0.25, -0.2) is 0 Å². The predicted octanol–water partition coefficient (Wildman–Crippen LogP) is 7.20. The van der Waals surface area contributed by atoms with Crippen LogP contribution in [0.25, 0.3) is 0 Å². The summed E-state index contributed by atoms with van der Waals surface area (Å²) in [4.78, 5) is 26.6. The van der Waals surface area contributed by atoms with Crippen LogP contribution in [0.4, 0.5) is 0 Å². The number of aliphatic hydroxyl groups excluding tert-OH is 1. The molecule has 5 rings (SSSR count). The third-order valence-corrected chi connectivity index (χ3v) is 15.3. The maximum Gasteiger partial charge on any atom is 0.309 e. The van der Waals surface area contributed by atoms with Crippen molar-refractivity contribution in [1.82, 2.24) is 5.32 Å². The summed E-state index contributed by atoms with van der Waals surface area (Å²) < 4.78 is 34.7. The second-order valence-electron chi connectivity index (χ2n) is 19.2. The molecule has 3 unspecified atom stereocenters. The number of carbonyl (C=O) groups is 2. The van der Waals surface area contributed by atoms with Gasteiger partial charge in [0, 0.05) is 36.5 Å². The average molecular weight is 816 g/mol. The lowest BCUT2D eigenvalue weighted by atomic mass is 9.72. The number of hydrogen-bond acceptors (Lipinski definition) is 10. The van der Waals surface area contributed by atoms with Gasteiger partial charge in [0.1, 0.15) is 5.78 Å². The Morgan fingerprint density at radius 2 is 1.66 bits per heavy atom. The molecular weight excluding hydrogens is 739 g/mol. The number of terminal acetylenes is 1. The van der Waals surface area contributed by atoms with E-state index in [9.17, 15) is 24.9 Å². The van der Waals surface area contributed by atoms with Crippen molar-refractivity contribution in [3.8, 4) is 12.3 Å². The van der Waals surface area contributed by atoms with Gasteiger partial charge in [-0.2, -0.15) is 0 Å². The highest BCUT2D eigenvalue weighted by molar-refractivity contribution is 5.84. The third kappa shape index (κ3) is 9.30. The van der Waals surface area contributed by atoms with Gasteiger partial charge < -0.3 is 44.3 Å². The van der Waals surface area contributed by atoms with Gasteiger partial charge in [0.05, 0.1) is 59.8 Å². The lowest BCUT2D eigenvalue weighted by Gasteiger charge is -2.55. The number of nitrogens with one attached hydrogen (secondary N) is 1. The number of rotatable bonds is 16. The normalized spacial score (nSPS) is 43.1. The summed E-state index contributed by atoms with van der Waals surface area (Å²) in [6.45, 7) is 20.7. The maximum atomic E-state index is 14.6. The van der Waals surface area contributed by atoms with Crippen molar-refractivity contribution in [3.05, 3.63) is 12.2 Å². The zero-order chi connectivity index (χ0) is 42.8. The second kappa shape index (κ2) is 19.0. The summed E-state index contributed by atoms with van der Waals surface area (Å²) in [6, 6.07) is -0.285. The van der Waals surface area contributed by atoms with E-state index in [0.29, 0.717) is 64.3 Å². The van der Waals surface area contributed by atoms with Crippen molar-refractivity contribution in [1.29, 1.82) is 0 Å². The SMILES string of the molecule is C#CCCCN[C@@H]1C=C[C@]2(O[C@H]([C@@H](CC)C(=O)[C@@H](C)[C@@H](O)[C@H](C)C3OC(C(CC)C(=O)O)CC[C@@H]3C)[C@@H](C)C[C@H]2C)O[C@@]12CC[C@@](C)([C@H]1CC[C@](O)(CC)[C@H](C)O1)O2. The fourth-order valence-corrected chi connectivity index (χ4v) is 11.2. The number of carbonyl (C=O) groups excluding carboxylic acids is 1. The number of aliphatic carboxylic acids is 1. The molecule has 4 fully saturated rings. The molecule has 0 saturated carbocycles. The molecular formula is C47H77NO10. The van der Waals surface area contributed by atoms with E-state index >= 15 is 0 Å². The standard InChI is InChI=1S/C47H77NO10/c1-12-16-17-26-48-37-20-23-46(58-47(37)25-24-44(11,57-47)38-21-22-45(53,15-4)33(10)54-38)30(7)27-29(6)42(56-46)35(14-3)40(50)31(8)39(49)32(9)41-28(5)18-19-36(55-41)34(13-2)43(51)52/h1,20,23,28-39,41-42,48-49,53H,13-19,21-22,24-27H2,2-11H3,(H,51,52)/t28-,29-,30+,31-,32-,33-,34?,35-,36?,37+,38+,39+,41?,42-,44-,45+,46-,47-/m0/s1. The Morgan fingerprint density at radius 1 is 0.948 bits per heavy atom. The van der Waals surface area contributed by atoms with E-state index in [0.717, 1.165) is 19.3 Å². The molecule has 0 bridgehead atoms. The van der Waals surface area contributed by atoms with Crippen molar-refractivity contribution >= 4 is 11.8 Å². The van der Waals surface area contributed by atoms with E-state index < -0.39 is 64.8 Å². The van der Waals surface area contributed by atoms with E-state index in [1.54, 1.807) is 6.92 Å². The molecule has 0 radical (unpaired) electrons. The highest BCUT2D eigenvalue weighted by Crippen LogP contribution is 2.54. The molecule has 330 valence electrons. The number of hydrogen-bond donors (Lipinski definition) is 4. The summed E-state index contributed by atoms with van der Waals surface area (Å²) in [5.74, 6) is -2.51. The number of carboxylic acid groups (broad SMARTS) is 1. The molecule has 0 aromatic carbocycles. The van der Waals surface area contributed by atoms with Crippen LogP contribution in [-0.4, -0.2) is 99.1 Å². The molecule has 5 heterocycles. The largest absolute Gasteiger partial charge is 0.481 e. The van der Waals surface area contributed by atoms with Crippen LogP contribution in [0, 0.1) is 53.8 Å². The molecule has 0 aromatic heterocycles. The molecule has 5 aliphatic rings. The van der Waals surface area contributed by atoms with E-state index in [2.05, 4.69) is 45.0 Å². The van der Waals surface area contributed by atoms with Crippen molar-refractivity contribution in [2.45, 2.75) is 212 Å². The molecule has 5 aliphatic heterocycles. The Morgan fingerprint density at radius 3 is 2.28 bits per heavy atom. The molecule has 2 spiro atoms. The number of carboxylic acids is 1. The molecule has 0 amide bonds. The smallest absolute Gasteiger partial charge is 0.309 e. The number of ether oxygens (including phenoxy) is 5. The summed E-state index contributed by atoms with van der Waals surface area (Å²) in [5, 5.41) is 36.5.